The molecule has 2 rings (SSSR count). The molecule has 1 N–H and O–H groups in total. The van der Waals surface area contributed by atoms with Gasteiger partial charge in [-0.2, -0.15) is 5.10 Å². The predicted octanol–water partition coefficient (Wildman–Crippen LogP) is 1.80. The van der Waals surface area contributed by atoms with Gasteiger partial charge in [0.25, 0.3) is 0 Å². The fourth-order valence-electron chi connectivity index (χ4n) is 1.55. The third kappa shape index (κ3) is 3.13. The third-order valence-corrected chi connectivity index (χ3v) is 2.79. The lowest BCUT2D eigenvalue weighted by Crippen LogP contribution is -2.19. The number of nitrogens with one attached hydrogen (secondary N) is 1. The quantitative estimate of drug-likeness (QED) is 0.689. The Kier molecular flexibility index (Phi) is 4.32. The zero-order valence-electron chi connectivity index (χ0n) is 10.7. The molecule has 102 valence electrons. The highest BCUT2D eigenvalue weighted by Gasteiger charge is 2.10. The van der Waals surface area contributed by atoms with Gasteiger partial charge in [-0.25, -0.2) is 4.68 Å². The highest BCUT2D eigenvalue weighted by molar-refractivity contribution is 6.30. The van der Waals surface area contributed by atoms with Gasteiger partial charge in [0.15, 0.2) is 5.69 Å². The van der Waals surface area contributed by atoms with Crippen LogP contribution in [0.15, 0.2) is 53.6 Å². The van der Waals surface area contributed by atoms with E-state index in [2.05, 4.69) is 10.4 Å². The standard InChI is InChI=1S/C14H12ClN3O2/c1-16-8-6-12(19)14-13(20)7-9-18(17-14)11-4-2-10(15)3-5-11/h2-9,16H,1H3/b8-6+. The summed E-state index contributed by atoms with van der Waals surface area (Å²) in [6, 6.07) is 8.22. The van der Waals surface area contributed by atoms with Crippen LogP contribution in [0.3, 0.4) is 0 Å². The lowest BCUT2D eigenvalue weighted by atomic mass is 10.2. The van der Waals surface area contributed by atoms with Crippen molar-refractivity contribution in [1.82, 2.24) is 15.1 Å². The van der Waals surface area contributed by atoms with Crippen LogP contribution in [-0.4, -0.2) is 22.6 Å². The van der Waals surface area contributed by atoms with Crippen LogP contribution >= 0.6 is 11.6 Å². The summed E-state index contributed by atoms with van der Waals surface area (Å²) in [4.78, 5) is 23.5. The Morgan fingerprint density at radius 1 is 1.30 bits per heavy atom. The van der Waals surface area contributed by atoms with Crippen LogP contribution in [-0.2, 0) is 0 Å². The Morgan fingerprint density at radius 2 is 2.00 bits per heavy atom. The van der Waals surface area contributed by atoms with Gasteiger partial charge < -0.3 is 5.32 Å². The van der Waals surface area contributed by atoms with E-state index >= 15 is 0 Å². The lowest BCUT2D eigenvalue weighted by molar-refractivity contribution is 0.103. The Labute approximate surface area is 120 Å². The molecule has 0 saturated heterocycles. The molecular formula is C14H12ClN3O2. The van der Waals surface area contributed by atoms with Gasteiger partial charge in [-0.1, -0.05) is 11.6 Å². The molecule has 0 aliphatic heterocycles. The maximum atomic E-state index is 11.8. The topological polar surface area (TPSA) is 64.0 Å². The highest BCUT2D eigenvalue weighted by atomic mass is 35.5. The number of rotatable bonds is 4. The molecule has 0 amide bonds. The van der Waals surface area contributed by atoms with Crippen molar-refractivity contribution in [2.24, 2.45) is 0 Å². The Balaban J connectivity index is 2.43. The molecule has 1 aromatic carbocycles. The maximum Gasteiger partial charge on any atom is 0.211 e. The number of allylic oxidation sites excluding steroid dienone is 1. The molecule has 2 aromatic rings. The molecule has 0 unspecified atom stereocenters. The maximum absolute atomic E-state index is 11.8. The Morgan fingerprint density at radius 3 is 2.65 bits per heavy atom. The fraction of sp³-hybridized carbons (Fsp3) is 0.0714. The first kappa shape index (κ1) is 14.0. The minimum atomic E-state index is -0.451. The van der Waals surface area contributed by atoms with Crippen LogP contribution in [0.5, 0.6) is 0 Å². The van der Waals surface area contributed by atoms with Crippen molar-refractivity contribution in [3.8, 4) is 5.69 Å². The molecule has 0 aliphatic rings. The van der Waals surface area contributed by atoms with E-state index in [-0.39, 0.29) is 5.69 Å². The van der Waals surface area contributed by atoms with E-state index in [4.69, 9.17) is 11.6 Å². The van der Waals surface area contributed by atoms with Crippen LogP contribution in [0.4, 0.5) is 0 Å². The molecule has 20 heavy (non-hydrogen) atoms. The molecule has 5 nitrogen and oxygen atoms in total. The van der Waals surface area contributed by atoms with Gasteiger partial charge in [0.1, 0.15) is 0 Å². The summed E-state index contributed by atoms with van der Waals surface area (Å²) in [5, 5.41) is 7.35. The minimum Gasteiger partial charge on any atom is -0.394 e. The molecule has 0 aliphatic carbocycles. The zero-order chi connectivity index (χ0) is 14.5. The normalized spacial score (nSPS) is 10.7. The number of halogens is 1. The summed E-state index contributed by atoms with van der Waals surface area (Å²) in [6.07, 6.45) is 4.21. The first-order valence-corrected chi connectivity index (χ1v) is 6.23. The summed E-state index contributed by atoms with van der Waals surface area (Å²) in [5.74, 6) is -0.451. The first-order valence-electron chi connectivity index (χ1n) is 5.86. The van der Waals surface area contributed by atoms with Crippen molar-refractivity contribution in [3.63, 3.8) is 0 Å². The minimum absolute atomic E-state index is 0.131. The van der Waals surface area contributed by atoms with Crippen LogP contribution in [0, 0.1) is 0 Å². The second kappa shape index (κ2) is 6.16. The molecule has 1 heterocycles. The number of hydrogen-bond acceptors (Lipinski definition) is 4. The van der Waals surface area contributed by atoms with Gasteiger partial charge >= 0.3 is 0 Å². The molecule has 0 saturated carbocycles. The molecule has 0 atom stereocenters. The molecule has 1 aromatic heterocycles. The third-order valence-electron chi connectivity index (χ3n) is 2.53. The molecule has 0 bridgehead atoms. The average Bonchev–Trinajstić information content (AvgIpc) is 2.46. The largest absolute Gasteiger partial charge is 0.394 e. The van der Waals surface area contributed by atoms with E-state index in [9.17, 15) is 9.59 Å². The summed E-state index contributed by atoms with van der Waals surface area (Å²) >= 11 is 5.81. The monoisotopic (exact) mass is 289 g/mol. The van der Waals surface area contributed by atoms with Crippen LogP contribution < -0.4 is 10.7 Å². The van der Waals surface area contributed by atoms with Gasteiger partial charge in [0.05, 0.1) is 5.69 Å². The van der Waals surface area contributed by atoms with Crippen molar-refractivity contribution >= 4 is 17.4 Å². The van der Waals surface area contributed by atoms with Crippen molar-refractivity contribution in [1.29, 1.82) is 0 Å². The van der Waals surface area contributed by atoms with Crippen LogP contribution in [0.1, 0.15) is 10.5 Å². The number of carbonyl (C=O) groups is 1. The molecular weight excluding hydrogens is 278 g/mol. The summed E-state index contributed by atoms with van der Waals surface area (Å²) < 4.78 is 1.46. The van der Waals surface area contributed by atoms with E-state index in [1.165, 1.54) is 29.2 Å². The molecule has 0 spiro atoms. The van der Waals surface area contributed by atoms with Gasteiger partial charge in [0, 0.05) is 36.6 Å². The number of benzene rings is 1. The van der Waals surface area contributed by atoms with E-state index in [0.717, 1.165) is 0 Å². The second-order valence-corrected chi connectivity index (χ2v) is 4.37. The molecule has 6 heteroatoms. The van der Waals surface area contributed by atoms with E-state index in [0.29, 0.717) is 10.7 Å². The van der Waals surface area contributed by atoms with Gasteiger partial charge in [0.2, 0.25) is 11.2 Å². The van der Waals surface area contributed by atoms with Crippen molar-refractivity contribution in [2.45, 2.75) is 0 Å². The van der Waals surface area contributed by atoms with Crippen molar-refractivity contribution in [3.05, 3.63) is 69.7 Å². The highest BCUT2D eigenvalue weighted by Crippen LogP contribution is 2.12. The second-order valence-electron chi connectivity index (χ2n) is 3.94. The molecule has 0 radical (unpaired) electrons. The summed E-state index contributed by atoms with van der Waals surface area (Å²) in [5.41, 5.74) is 0.163. The Bertz CT molecular complexity index is 705. The van der Waals surface area contributed by atoms with Gasteiger partial charge in [-0.3, -0.25) is 9.59 Å². The van der Waals surface area contributed by atoms with Crippen molar-refractivity contribution < 1.29 is 4.79 Å². The first-order chi connectivity index (χ1) is 9.61. The number of carbonyl (C=O) groups excluding carboxylic acids is 1. The van der Waals surface area contributed by atoms with E-state index in [1.54, 1.807) is 31.3 Å². The van der Waals surface area contributed by atoms with Gasteiger partial charge in [-0.05, 0) is 24.3 Å². The van der Waals surface area contributed by atoms with E-state index < -0.39 is 11.2 Å². The zero-order valence-corrected chi connectivity index (χ0v) is 11.5. The summed E-state index contributed by atoms with van der Waals surface area (Å²) in [6.45, 7) is 0. The lowest BCUT2D eigenvalue weighted by Gasteiger charge is -2.06. The number of aromatic nitrogens is 2. The SMILES string of the molecule is CN/C=C/C(=O)c1nn(-c2ccc(Cl)cc2)ccc1=O. The summed E-state index contributed by atoms with van der Waals surface area (Å²) in [7, 11) is 1.66. The number of ketones is 1. The smallest absolute Gasteiger partial charge is 0.211 e. The van der Waals surface area contributed by atoms with Crippen LogP contribution in [0.25, 0.3) is 5.69 Å². The predicted molar refractivity (Wildman–Crippen MR) is 77.4 cm³/mol. The number of nitrogens with zero attached hydrogens (tertiary/aromatic N) is 2. The van der Waals surface area contributed by atoms with Crippen molar-refractivity contribution in [2.75, 3.05) is 7.05 Å². The van der Waals surface area contributed by atoms with Crippen LogP contribution in [0.2, 0.25) is 5.02 Å². The average molecular weight is 290 g/mol. The molecule has 0 fully saturated rings. The van der Waals surface area contributed by atoms with E-state index in [1.807, 2.05) is 0 Å². The van der Waals surface area contributed by atoms with Gasteiger partial charge in [-0.15, -0.1) is 0 Å². The fourth-order valence-corrected chi connectivity index (χ4v) is 1.68. The Hall–Kier alpha value is -2.40. The number of hydrogen-bond donors (Lipinski definition) is 1.